The summed E-state index contributed by atoms with van der Waals surface area (Å²) in [6, 6.07) is 11.2. The lowest BCUT2D eigenvalue weighted by atomic mass is 9.92. The van der Waals surface area contributed by atoms with E-state index in [0.29, 0.717) is 11.2 Å². The SMILES string of the molecule is CCC(CC)COC(=O)[C@H](C)NP(=O)(O)OOc1ccccc1OC[C@H]1O[C@@](C#N)(c2ccc3c(N)ncnn23)[C@H](O[Si](C)(C)C(C)(C)C)[C@@H]1O[Si](C)(C)C(C)(C)C. The summed E-state index contributed by atoms with van der Waals surface area (Å²) in [5.41, 5.74) is 5.39. The van der Waals surface area contributed by atoms with Crippen LogP contribution in [-0.2, 0) is 38.0 Å². The summed E-state index contributed by atoms with van der Waals surface area (Å²) < 4.78 is 52.5. The molecule has 4 rings (SSSR count). The number of nitrogens with zero attached hydrogens (tertiary/aromatic N) is 4. The third-order valence-corrected chi connectivity index (χ3v) is 21.6. The number of benzene rings is 1. The quantitative estimate of drug-likeness (QED) is 0.0368. The van der Waals surface area contributed by atoms with Gasteiger partial charge in [-0.15, -0.1) is 0 Å². The number of esters is 1. The maximum absolute atomic E-state index is 13.0. The molecule has 19 heteroatoms. The zero-order valence-corrected chi connectivity index (χ0v) is 39.1. The number of nitrogens with one attached hydrogen (secondary N) is 1. The summed E-state index contributed by atoms with van der Waals surface area (Å²) in [6.07, 6.45) is 0.344. The van der Waals surface area contributed by atoms with Gasteiger partial charge in [-0.1, -0.05) is 85.0 Å². The van der Waals surface area contributed by atoms with E-state index < -0.39 is 60.3 Å². The second kappa shape index (κ2) is 18.1. The topological polar surface area (TPSA) is 211 Å². The zero-order chi connectivity index (χ0) is 43.5. The molecule has 1 aliphatic rings. The lowest BCUT2D eigenvalue weighted by Gasteiger charge is -2.45. The van der Waals surface area contributed by atoms with Gasteiger partial charge < -0.3 is 38.6 Å². The molecule has 0 spiro atoms. The van der Waals surface area contributed by atoms with Crippen LogP contribution in [0.15, 0.2) is 42.7 Å². The van der Waals surface area contributed by atoms with Crippen molar-refractivity contribution in [1.82, 2.24) is 19.7 Å². The van der Waals surface area contributed by atoms with Crippen LogP contribution in [0.25, 0.3) is 5.52 Å². The minimum Gasteiger partial charge on any atom is -0.487 e. The summed E-state index contributed by atoms with van der Waals surface area (Å²) in [4.78, 5) is 32.6. The predicted molar refractivity (Wildman–Crippen MR) is 225 cm³/mol. The van der Waals surface area contributed by atoms with Gasteiger partial charge in [-0.25, -0.2) is 19.2 Å². The highest BCUT2D eigenvalue weighted by Gasteiger charge is 2.63. The molecule has 0 saturated carbocycles. The molecule has 1 unspecified atom stereocenters. The van der Waals surface area contributed by atoms with Crippen LogP contribution in [0, 0.1) is 17.2 Å². The van der Waals surface area contributed by atoms with Crippen LogP contribution in [0.4, 0.5) is 5.82 Å². The van der Waals surface area contributed by atoms with Crippen molar-refractivity contribution in [3.63, 3.8) is 0 Å². The Hall–Kier alpha value is -3.38. The van der Waals surface area contributed by atoms with Crippen LogP contribution >= 0.6 is 7.75 Å². The van der Waals surface area contributed by atoms with E-state index in [1.165, 1.54) is 19.3 Å². The van der Waals surface area contributed by atoms with E-state index in [4.69, 9.17) is 38.4 Å². The molecular formula is C39H63N6O10PSi2. The standard InChI is InChI=1S/C39H63N6O10PSi2/c1-14-27(15-2)22-50-36(46)26(3)44-56(47,48)55-52-30-19-17-16-18-29(30)49-23-31-33(53-57(10,11)37(4,5)6)34(54-58(12,13)38(7,8)9)39(24-40,51-31)32-21-20-28-35(41)42-25-43-45(28)32/h16-21,25-27,31,33-34H,14-15,22-23H2,1-13H3,(H2,41,42,43)(H2,44,47,48)/t26-,31+,33+,34+,39-/m0/s1. The van der Waals surface area contributed by atoms with Crippen LogP contribution in [0.1, 0.15) is 80.8 Å². The highest BCUT2D eigenvalue weighted by Crippen LogP contribution is 2.50. The van der Waals surface area contributed by atoms with E-state index in [-0.39, 0.29) is 46.5 Å². The number of fused-ring (bicyclic) bond motifs is 1. The second-order valence-electron chi connectivity index (χ2n) is 17.9. The molecule has 58 heavy (non-hydrogen) atoms. The molecular weight excluding hydrogens is 800 g/mol. The normalized spacial score (nSPS) is 22.1. The summed E-state index contributed by atoms with van der Waals surface area (Å²) in [7, 11) is -9.93. The summed E-state index contributed by atoms with van der Waals surface area (Å²) in [5.74, 6) is -0.178. The molecule has 1 saturated heterocycles. The first kappa shape index (κ1) is 47.3. The Balaban J connectivity index is 1.68. The number of hydrogen-bond donors (Lipinski definition) is 3. The monoisotopic (exact) mass is 862 g/mol. The van der Waals surface area contributed by atoms with Crippen molar-refractivity contribution in [2.24, 2.45) is 5.92 Å². The van der Waals surface area contributed by atoms with E-state index in [9.17, 15) is 19.5 Å². The first-order chi connectivity index (χ1) is 26.8. The molecule has 6 atom stereocenters. The summed E-state index contributed by atoms with van der Waals surface area (Å²) in [6.45, 7) is 26.6. The second-order valence-corrected chi connectivity index (χ2v) is 28.9. The van der Waals surface area contributed by atoms with E-state index in [2.05, 4.69) is 89.0 Å². The van der Waals surface area contributed by atoms with Gasteiger partial charge in [-0.05, 0) is 73.4 Å². The Bertz CT molecular complexity index is 1980. The van der Waals surface area contributed by atoms with Gasteiger partial charge in [-0.3, -0.25) is 4.79 Å². The number of nitriles is 1. The van der Waals surface area contributed by atoms with Crippen molar-refractivity contribution >= 4 is 41.7 Å². The number of hydrogen-bond acceptors (Lipinski definition) is 13. The zero-order valence-electron chi connectivity index (χ0n) is 36.2. The number of nitrogens with two attached hydrogens (primary N) is 1. The number of nitrogen functional groups attached to an aromatic ring is 1. The Morgan fingerprint density at radius 3 is 2.24 bits per heavy atom. The molecule has 1 fully saturated rings. The van der Waals surface area contributed by atoms with Crippen LogP contribution < -0.4 is 20.4 Å². The Morgan fingerprint density at radius 1 is 1.05 bits per heavy atom. The average Bonchev–Trinajstić information content (AvgIpc) is 3.69. The fourth-order valence-corrected chi connectivity index (χ4v) is 9.30. The van der Waals surface area contributed by atoms with Crippen LogP contribution in [0.2, 0.25) is 36.3 Å². The van der Waals surface area contributed by atoms with Crippen molar-refractivity contribution in [1.29, 1.82) is 5.26 Å². The maximum Gasteiger partial charge on any atom is 0.440 e. The minimum atomic E-state index is -4.69. The molecule has 0 bridgehead atoms. The number of rotatable bonds is 18. The van der Waals surface area contributed by atoms with Gasteiger partial charge >= 0.3 is 13.7 Å². The first-order valence-electron chi connectivity index (χ1n) is 19.7. The minimum absolute atomic E-state index is 0.0345. The van der Waals surface area contributed by atoms with Gasteiger partial charge in [0.1, 0.15) is 48.9 Å². The summed E-state index contributed by atoms with van der Waals surface area (Å²) in [5, 5.41) is 17.5. The molecule has 1 aromatic carbocycles. The third kappa shape index (κ3) is 10.5. The largest absolute Gasteiger partial charge is 0.487 e. The van der Waals surface area contributed by atoms with Gasteiger partial charge in [0.25, 0.3) is 0 Å². The highest BCUT2D eigenvalue weighted by molar-refractivity contribution is 7.50. The van der Waals surface area contributed by atoms with E-state index in [1.807, 2.05) is 13.8 Å². The highest BCUT2D eigenvalue weighted by atomic mass is 31.2. The molecule has 1 aliphatic heterocycles. The van der Waals surface area contributed by atoms with Gasteiger partial charge in [0.05, 0.1) is 12.3 Å². The van der Waals surface area contributed by atoms with Crippen molar-refractivity contribution < 1.29 is 46.9 Å². The fourth-order valence-electron chi connectivity index (χ4n) is 5.88. The Kier molecular flexibility index (Phi) is 14.7. The van der Waals surface area contributed by atoms with Crippen LogP contribution in [0.3, 0.4) is 0 Å². The Morgan fingerprint density at radius 2 is 1.66 bits per heavy atom. The van der Waals surface area contributed by atoms with Crippen molar-refractivity contribution in [2.75, 3.05) is 18.9 Å². The smallest absolute Gasteiger partial charge is 0.440 e. The molecule has 0 radical (unpaired) electrons. The molecule has 0 aliphatic carbocycles. The van der Waals surface area contributed by atoms with Crippen molar-refractivity contribution in [3.05, 3.63) is 48.4 Å². The molecule has 0 amide bonds. The van der Waals surface area contributed by atoms with Gasteiger partial charge in [0.15, 0.2) is 28.2 Å². The average molecular weight is 863 g/mol. The number of carbonyl (C=O) groups excluding carboxylic acids is 1. The first-order valence-corrected chi connectivity index (χ1v) is 27.1. The fraction of sp³-hybridized carbons (Fsp3) is 0.641. The molecule has 3 aromatic rings. The molecule has 2 aromatic heterocycles. The van der Waals surface area contributed by atoms with E-state index in [0.717, 1.165) is 12.8 Å². The van der Waals surface area contributed by atoms with Crippen LogP contribution in [0.5, 0.6) is 11.5 Å². The molecule has 4 N–H and O–H groups in total. The van der Waals surface area contributed by atoms with Gasteiger partial charge in [-0.2, -0.15) is 10.4 Å². The van der Waals surface area contributed by atoms with Crippen molar-refractivity contribution in [3.8, 4) is 17.6 Å². The molecule has 322 valence electrons. The number of aromatic nitrogens is 3. The lowest BCUT2D eigenvalue weighted by Crippen LogP contribution is -2.56. The van der Waals surface area contributed by atoms with E-state index >= 15 is 0 Å². The molecule has 16 nitrogen and oxygen atoms in total. The predicted octanol–water partition coefficient (Wildman–Crippen LogP) is 7.66. The van der Waals surface area contributed by atoms with E-state index in [1.54, 1.807) is 34.8 Å². The number of ether oxygens (including phenoxy) is 3. The van der Waals surface area contributed by atoms with Crippen molar-refractivity contribution in [2.45, 2.75) is 141 Å². The van der Waals surface area contributed by atoms with Gasteiger partial charge in [0.2, 0.25) is 11.4 Å². The Labute approximate surface area is 344 Å². The number of anilines is 1. The third-order valence-electron chi connectivity index (χ3n) is 11.7. The summed E-state index contributed by atoms with van der Waals surface area (Å²) >= 11 is 0. The number of carbonyl (C=O) groups is 1. The lowest BCUT2D eigenvalue weighted by molar-refractivity contribution is -0.147. The number of para-hydroxylation sites is 2. The maximum atomic E-state index is 13.0. The molecule has 3 heterocycles. The van der Waals surface area contributed by atoms with Gasteiger partial charge in [0, 0.05) is 0 Å². The van der Waals surface area contributed by atoms with Crippen LogP contribution in [-0.4, -0.2) is 79.7 Å².